The van der Waals surface area contributed by atoms with Crippen molar-refractivity contribution in [3.63, 3.8) is 0 Å². The number of carbonyl (C=O) groups is 1. The molecule has 0 atom stereocenters. The molecular weight excluding hydrogens is 384 g/mol. The van der Waals surface area contributed by atoms with Gasteiger partial charge in [0.2, 0.25) is 21.1 Å². The van der Waals surface area contributed by atoms with E-state index in [9.17, 15) is 13.2 Å². The van der Waals surface area contributed by atoms with Gasteiger partial charge in [0.1, 0.15) is 5.01 Å². The molecule has 1 aliphatic heterocycles. The van der Waals surface area contributed by atoms with Crippen molar-refractivity contribution in [3.05, 3.63) is 34.8 Å². The third kappa shape index (κ3) is 4.36. The Kier molecular flexibility index (Phi) is 5.25. The van der Waals surface area contributed by atoms with Gasteiger partial charge in [0.25, 0.3) is 0 Å². The van der Waals surface area contributed by atoms with Crippen LogP contribution in [0.2, 0.25) is 0 Å². The highest BCUT2D eigenvalue weighted by molar-refractivity contribution is 7.89. The Morgan fingerprint density at radius 2 is 1.81 bits per heavy atom. The van der Waals surface area contributed by atoms with Crippen LogP contribution >= 0.6 is 11.3 Å². The smallest absolute Gasteiger partial charge is 0.243 e. The highest BCUT2D eigenvalue weighted by atomic mass is 32.2. The SMILES string of the molecule is O=C(Cc1ccc(S(=O)(=O)N2CCCCC2)cc1)Nc1nnc(C2CC2)s1. The number of anilines is 1. The molecule has 2 aliphatic rings. The molecule has 2 heterocycles. The van der Waals surface area contributed by atoms with Gasteiger partial charge in [0.15, 0.2) is 0 Å². The summed E-state index contributed by atoms with van der Waals surface area (Å²) >= 11 is 1.42. The summed E-state index contributed by atoms with van der Waals surface area (Å²) in [5, 5.41) is 12.4. The summed E-state index contributed by atoms with van der Waals surface area (Å²) in [6.45, 7) is 1.16. The van der Waals surface area contributed by atoms with Gasteiger partial charge in [-0.2, -0.15) is 4.31 Å². The first-order valence-electron chi connectivity index (χ1n) is 9.25. The van der Waals surface area contributed by atoms with Crippen LogP contribution < -0.4 is 5.32 Å². The zero-order chi connectivity index (χ0) is 18.9. The van der Waals surface area contributed by atoms with Gasteiger partial charge in [-0.3, -0.25) is 4.79 Å². The molecule has 27 heavy (non-hydrogen) atoms. The molecule has 0 unspecified atom stereocenters. The minimum atomic E-state index is -3.44. The normalized spacial score (nSPS) is 18.4. The lowest BCUT2D eigenvalue weighted by Crippen LogP contribution is -2.35. The van der Waals surface area contributed by atoms with Gasteiger partial charge >= 0.3 is 0 Å². The molecule has 1 aliphatic carbocycles. The van der Waals surface area contributed by atoms with E-state index in [2.05, 4.69) is 15.5 Å². The van der Waals surface area contributed by atoms with Crippen LogP contribution in [0.15, 0.2) is 29.2 Å². The lowest BCUT2D eigenvalue weighted by atomic mass is 10.1. The molecule has 4 rings (SSSR count). The Hall–Kier alpha value is -1.84. The predicted octanol–water partition coefficient (Wildman–Crippen LogP) is 2.77. The maximum absolute atomic E-state index is 12.7. The number of hydrogen-bond donors (Lipinski definition) is 1. The van der Waals surface area contributed by atoms with Crippen LogP contribution in [-0.4, -0.2) is 41.9 Å². The van der Waals surface area contributed by atoms with Gasteiger partial charge in [0.05, 0.1) is 11.3 Å². The van der Waals surface area contributed by atoms with E-state index >= 15 is 0 Å². The molecule has 9 heteroatoms. The topological polar surface area (TPSA) is 92.3 Å². The first-order valence-corrected chi connectivity index (χ1v) is 11.5. The second-order valence-corrected chi connectivity index (χ2v) is 10.0. The first-order chi connectivity index (χ1) is 13.0. The highest BCUT2D eigenvalue weighted by Crippen LogP contribution is 2.42. The second kappa shape index (κ2) is 7.65. The van der Waals surface area contributed by atoms with E-state index in [1.165, 1.54) is 11.3 Å². The van der Waals surface area contributed by atoms with Crippen LogP contribution in [0, 0.1) is 0 Å². The van der Waals surface area contributed by atoms with Crippen molar-refractivity contribution in [1.29, 1.82) is 0 Å². The minimum Gasteiger partial charge on any atom is -0.300 e. The Morgan fingerprint density at radius 3 is 2.48 bits per heavy atom. The number of amides is 1. The van der Waals surface area contributed by atoms with Crippen LogP contribution in [0.1, 0.15) is 48.6 Å². The zero-order valence-corrected chi connectivity index (χ0v) is 16.6. The Labute approximate surface area is 162 Å². The van der Waals surface area contributed by atoms with Crippen molar-refractivity contribution in [1.82, 2.24) is 14.5 Å². The number of piperidine rings is 1. The van der Waals surface area contributed by atoms with E-state index in [0.29, 0.717) is 24.1 Å². The molecule has 0 spiro atoms. The standard InChI is InChI=1S/C18H22N4O3S2/c23-16(19-18-21-20-17(26-18)14-6-7-14)12-13-4-8-15(9-5-13)27(24,25)22-10-2-1-3-11-22/h4-5,8-9,14H,1-3,6-7,10-12H2,(H,19,21,23). The Balaban J connectivity index is 1.37. The lowest BCUT2D eigenvalue weighted by molar-refractivity contribution is -0.115. The molecule has 1 saturated heterocycles. The molecule has 0 radical (unpaired) electrons. The van der Waals surface area contributed by atoms with Gasteiger partial charge in [0, 0.05) is 19.0 Å². The summed E-state index contributed by atoms with van der Waals surface area (Å²) in [5.41, 5.74) is 0.761. The molecule has 2 fully saturated rings. The Morgan fingerprint density at radius 1 is 1.11 bits per heavy atom. The van der Waals surface area contributed by atoms with Crippen LogP contribution in [-0.2, 0) is 21.2 Å². The fourth-order valence-electron chi connectivity index (χ4n) is 3.16. The number of rotatable bonds is 6. The maximum Gasteiger partial charge on any atom is 0.243 e. The molecule has 0 bridgehead atoms. The van der Waals surface area contributed by atoms with E-state index in [1.807, 2.05) is 0 Å². The van der Waals surface area contributed by atoms with E-state index < -0.39 is 10.0 Å². The predicted molar refractivity (Wildman–Crippen MR) is 103 cm³/mol. The van der Waals surface area contributed by atoms with Crippen molar-refractivity contribution < 1.29 is 13.2 Å². The van der Waals surface area contributed by atoms with Crippen LogP contribution in [0.4, 0.5) is 5.13 Å². The van der Waals surface area contributed by atoms with Crippen molar-refractivity contribution >= 4 is 32.4 Å². The number of hydrogen-bond acceptors (Lipinski definition) is 6. The van der Waals surface area contributed by atoms with Gasteiger partial charge in [-0.15, -0.1) is 10.2 Å². The van der Waals surface area contributed by atoms with Crippen LogP contribution in [0.25, 0.3) is 0 Å². The van der Waals surface area contributed by atoms with Gasteiger partial charge < -0.3 is 5.32 Å². The van der Waals surface area contributed by atoms with Crippen molar-refractivity contribution in [2.45, 2.75) is 49.3 Å². The van der Waals surface area contributed by atoms with E-state index in [4.69, 9.17) is 0 Å². The Bertz CT molecular complexity index is 914. The van der Waals surface area contributed by atoms with Crippen LogP contribution in [0.5, 0.6) is 0 Å². The van der Waals surface area contributed by atoms with Crippen LogP contribution in [0.3, 0.4) is 0 Å². The summed E-state index contributed by atoms with van der Waals surface area (Å²) < 4.78 is 26.9. The number of nitrogens with zero attached hydrogens (tertiary/aromatic N) is 3. The van der Waals surface area contributed by atoms with E-state index in [-0.39, 0.29) is 17.2 Å². The van der Waals surface area contributed by atoms with Crippen molar-refractivity contribution in [2.24, 2.45) is 0 Å². The number of sulfonamides is 1. The number of nitrogens with one attached hydrogen (secondary N) is 1. The average molecular weight is 407 g/mol. The summed E-state index contributed by atoms with van der Waals surface area (Å²) in [4.78, 5) is 12.5. The van der Waals surface area contributed by atoms with Gasteiger partial charge in [-0.1, -0.05) is 29.9 Å². The van der Waals surface area contributed by atoms with Gasteiger partial charge in [-0.05, 0) is 43.4 Å². The number of carbonyl (C=O) groups excluding carboxylic acids is 1. The summed E-state index contributed by atoms with van der Waals surface area (Å²) in [5.74, 6) is 0.336. The molecule has 1 aromatic carbocycles. The number of benzene rings is 1. The molecule has 1 N–H and O–H groups in total. The summed E-state index contributed by atoms with van der Waals surface area (Å²) in [6.07, 6.45) is 5.36. The zero-order valence-electron chi connectivity index (χ0n) is 14.9. The quantitative estimate of drug-likeness (QED) is 0.796. The van der Waals surface area contributed by atoms with E-state index in [0.717, 1.165) is 42.7 Å². The molecule has 7 nitrogen and oxygen atoms in total. The molecular formula is C18H22N4O3S2. The third-order valence-electron chi connectivity index (χ3n) is 4.85. The van der Waals surface area contributed by atoms with Crippen molar-refractivity contribution in [3.8, 4) is 0 Å². The summed E-state index contributed by atoms with van der Waals surface area (Å²) in [6, 6.07) is 6.57. The van der Waals surface area contributed by atoms with Gasteiger partial charge in [-0.25, -0.2) is 8.42 Å². The third-order valence-corrected chi connectivity index (χ3v) is 7.77. The fourth-order valence-corrected chi connectivity index (χ4v) is 5.61. The second-order valence-electron chi connectivity index (χ2n) is 7.05. The molecule has 144 valence electrons. The summed E-state index contributed by atoms with van der Waals surface area (Å²) in [7, 11) is -3.44. The van der Waals surface area contributed by atoms with Crippen molar-refractivity contribution in [2.75, 3.05) is 18.4 Å². The minimum absolute atomic E-state index is 0.169. The lowest BCUT2D eigenvalue weighted by Gasteiger charge is -2.25. The molecule has 1 amide bonds. The molecule has 1 saturated carbocycles. The van der Waals surface area contributed by atoms with E-state index in [1.54, 1.807) is 28.6 Å². The molecule has 1 aromatic heterocycles. The highest BCUT2D eigenvalue weighted by Gasteiger charge is 2.28. The molecule has 2 aromatic rings. The number of aromatic nitrogens is 2. The maximum atomic E-state index is 12.7. The monoisotopic (exact) mass is 406 g/mol. The first kappa shape index (κ1) is 18.5. The largest absolute Gasteiger partial charge is 0.300 e. The average Bonchev–Trinajstić information content (AvgIpc) is 3.42. The fraction of sp³-hybridized carbons (Fsp3) is 0.500.